The Hall–Kier alpha value is -1.73. The number of carbonyl (C=O) groups is 1. The zero-order chi connectivity index (χ0) is 15.9. The number of halogens is 1. The highest BCUT2D eigenvalue weighted by atomic mass is 32.2. The first-order chi connectivity index (χ1) is 9.82. The minimum atomic E-state index is -3.32. The maximum Gasteiger partial charge on any atom is 0.224 e. The van der Waals surface area contributed by atoms with E-state index in [2.05, 4.69) is 11.9 Å². The summed E-state index contributed by atoms with van der Waals surface area (Å²) in [4.78, 5) is 11.7. The molecule has 0 heterocycles. The summed E-state index contributed by atoms with van der Waals surface area (Å²) in [5, 5.41) is 2.63. The van der Waals surface area contributed by atoms with E-state index in [1.807, 2.05) is 0 Å². The summed E-state index contributed by atoms with van der Waals surface area (Å²) in [7, 11) is -3.32. The molecule has 0 aliphatic rings. The molecule has 1 N–H and O–H groups in total. The van der Waals surface area contributed by atoms with Crippen LogP contribution in [0.1, 0.15) is 5.56 Å². The first-order valence-electron chi connectivity index (χ1n) is 6.40. The highest BCUT2D eigenvalue weighted by molar-refractivity contribution is 7.88. The summed E-state index contributed by atoms with van der Waals surface area (Å²) in [6.07, 6.45) is 2.72. The van der Waals surface area contributed by atoms with Crippen LogP contribution in [0.4, 0.5) is 4.39 Å². The van der Waals surface area contributed by atoms with E-state index in [1.54, 1.807) is 0 Å². The molecule has 116 valence electrons. The van der Waals surface area contributed by atoms with Crippen LogP contribution >= 0.6 is 0 Å². The fourth-order valence-electron chi connectivity index (χ4n) is 1.71. The van der Waals surface area contributed by atoms with Gasteiger partial charge in [-0.05, 0) is 17.7 Å². The van der Waals surface area contributed by atoms with Crippen LogP contribution in [0.3, 0.4) is 0 Å². The molecular formula is C14H19FN2O3S. The molecule has 1 aromatic carbocycles. The molecule has 0 atom stereocenters. The van der Waals surface area contributed by atoms with Crippen LogP contribution in [0.5, 0.6) is 0 Å². The van der Waals surface area contributed by atoms with E-state index in [-0.39, 0.29) is 37.8 Å². The van der Waals surface area contributed by atoms with E-state index >= 15 is 0 Å². The van der Waals surface area contributed by atoms with Crippen molar-refractivity contribution in [2.75, 3.05) is 25.9 Å². The molecule has 7 heteroatoms. The van der Waals surface area contributed by atoms with Gasteiger partial charge in [0.25, 0.3) is 0 Å². The van der Waals surface area contributed by atoms with Crippen LogP contribution in [-0.2, 0) is 21.2 Å². The van der Waals surface area contributed by atoms with Crippen LogP contribution in [0, 0.1) is 5.82 Å². The molecule has 0 aromatic heterocycles. The van der Waals surface area contributed by atoms with Crippen LogP contribution in [-0.4, -0.2) is 44.5 Å². The van der Waals surface area contributed by atoms with Crippen LogP contribution < -0.4 is 5.32 Å². The van der Waals surface area contributed by atoms with Crippen molar-refractivity contribution in [3.05, 3.63) is 48.3 Å². The molecule has 0 aliphatic heterocycles. The molecule has 5 nitrogen and oxygen atoms in total. The van der Waals surface area contributed by atoms with Crippen molar-refractivity contribution in [2.45, 2.75) is 6.42 Å². The Morgan fingerprint density at radius 2 is 2.00 bits per heavy atom. The van der Waals surface area contributed by atoms with Gasteiger partial charge in [-0.15, -0.1) is 6.58 Å². The lowest BCUT2D eigenvalue weighted by Crippen LogP contribution is -2.38. The fraction of sp³-hybridized carbons (Fsp3) is 0.357. The van der Waals surface area contributed by atoms with Gasteiger partial charge in [0.15, 0.2) is 0 Å². The van der Waals surface area contributed by atoms with Crippen LogP contribution in [0.15, 0.2) is 36.9 Å². The number of nitrogens with one attached hydrogen (secondary N) is 1. The second kappa shape index (κ2) is 7.90. The first-order valence-corrected chi connectivity index (χ1v) is 8.25. The topological polar surface area (TPSA) is 66.5 Å². The van der Waals surface area contributed by atoms with Gasteiger partial charge in [0.05, 0.1) is 12.7 Å². The summed E-state index contributed by atoms with van der Waals surface area (Å²) >= 11 is 0. The molecule has 1 amide bonds. The molecule has 0 spiro atoms. The Morgan fingerprint density at radius 3 is 2.52 bits per heavy atom. The summed E-state index contributed by atoms with van der Waals surface area (Å²) in [5.74, 6) is -0.596. The van der Waals surface area contributed by atoms with Crippen LogP contribution in [0.25, 0.3) is 0 Å². The van der Waals surface area contributed by atoms with Crippen molar-refractivity contribution in [3.63, 3.8) is 0 Å². The standard InChI is InChI=1S/C14H19FN2O3S/c1-3-9-17(21(2,19)20)10-8-16-14(18)11-12-4-6-13(15)7-5-12/h3-7H,1,8-11H2,2H3,(H,16,18). The van der Waals surface area contributed by atoms with Gasteiger partial charge < -0.3 is 5.32 Å². The van der Waals surface area contributed by atoms with Gasteiger partial charge >= 0.3 is 0 Å². The monoisotopic (exact) mass is 314 g/mol. The summed E-state index contributed by atoms with van der Waals surface area (Å²) in [6, 6.07) is 5.65. The van der Waals surface area contributed by atoms with E-state index < -0.39 is 10.0 Å². The average Bonchev–Trinajstić information content (AvgIpc) is 2.39. The van der Waals surface area contributed by atoms with Gasteiger partial charge in [-0.25, -0.2) is 12.8 Å². The molecule has 0 saturated heterocycles. The van der Waals surface area contributed by atoms with Gasteiger partial charge in [0, 0.05) is 19.6 Å². The minimum absolute atomic E-state index is 0.126. The van der Waals surface area contributed by atoms with Crippen LogP contribution in [0.2, 0.25) is 0 Å². The Kier molecular flexibility index (Phi) is 6.51. The smallest absolute Gasteiger partial charge is 0.224 e. The fourth-order valence-corrected chi connectivity index (χ4v) is 2.51. The Labute approximate surface area is 124 Å². The molecule has 0 saturated carbocycles. The largest absolute Gasteiger partial charge is 0.354 e. The maximum absolute atomic E-state index is 12.7. The molecule has 1 aromatic rings. The second-order valence-corrected chi connectivity index (χ2v) is 6.55. The van der Waals surface area contributed by atoms with Crippen molar-refractivity contribution in [3.8, 4) is 0 Å². The lowest BCUT2D eigenvalue weighted by Gasteiger charge is -2.18. The van der Waals surface area contributed by atoms with E-state index in [1.165, 1.54) is 34.6 Å². The molecule has 0 radical (unpaired) electrons. The van der Waals surface area contributed by atoms with Crippen molar-refractivity contribution in [1.82, 2.24) is 9.62 Å². The maximum atomic E-state index is 12.7. The molecule has 0 aliphatic carbocycles. The van der Waals surface area contributed by atoms with Gasteiger partial charge in [0.1, 0.15) is 5.82 Å². The van der Waals surface area contributed by atoms with E-state index in [4.69, 9.17) is 0 Å². The number of hydrogen-bond acceptors (Lipinski definition) is 3. The third-order valence-electron chi connectivity index (χ3n) is 2.76. The van der Waals surface area contributed by atoms with Gasteiger partial charge in [-0.1, -0.05) is 18.2 Å². The number of rotatable bonds is 8. The van der Waals surface area contributed by atoms with E-state index in [0.717, 1.165) is 6.26 Å². The number of amides is 1. The highest BCUT2D eigenvalue weighted by Crippen LogP contribution is 2.03. The third kappa shape index (κ3) is 6.50. The van der Waals surface area contributed by atoms with Crippen molar-refractivity contribution in [1.29, 1.82) is 0 Å². The summed E-state index contributed by atoms with van der Waals surface area (Å²) in [5.41, 5.74) is 0.694. The summed E-state index contributed by atoms with van der Waals surface area (Å²) < 4.78 is 36.8. The number of sulfonamides is 1. The third-order valence-corrected chi connectivity index (χ3v) is 4.03. The normalized spacial score (nSPS) is 11.4. The molecule has 0 unspecified atom stereocenters. The zero-order valence-electron chi connectivity index (χ0n) is 11.9. The molecule has 0 fully saturated rings. The first kappa shape index (κ1) is 17.3. The number of hydrogen-bond donors (Lipinski definition) is 1. The number of carbonyl (C=O) groups excluding carboxylic acids is 1. The van der Waals surface area contributed by atoms with Crippen molar-refractivity contribution >= 4 is 15.9 Å². The Bertz CT molecular complexity index is 585. The average molecular weight is 314 g/mol. The lowest BCUT2D eigenvalue weighted by atomic mass is 10.1. The molecule has 21 heavy (non-hydrogen) atoms. The predicted molar refractivity (Wildman–Crippen MR) is 79.7 cm³/mol. The second-order valence-electron chi connectivity index (χ2n) is 4.56. The van der Waals surface area contributed by atoms with E-state index in [0.29, 0.717) is 5.56 Å². The lowest BCUT2D eigenvalue weighted by molar-refractivity contribution is -0.120. The van der Waals surface area contributed by atoms with Gasteiger partial charge in [0.2, 0.25) is 15.9 Å². The SMILES string of the molecule is C=CCN(CCNC(=O)Cc1ccc(F)cc1)S(C)(=O)=O. The quantitative estimate of drug-likeness (QED) is 0.726. The Balaban J connectivity index is 2.42. The molecule has 1 rings (SSSR count). The molecule has 0 bridgehead atoms. The van der Waals surface area contributed by atoms with E-state index in [9.17, 15) is 17.6 Å². The predicted octanol–water partition coefficient (Wildman–Crippen LogP) is 0.932. The van der Waals surface area contributed by atoms with Crippen molar-refractivity contribution in [2.24, 2.45) is 0 Å². The minimum Gasteiger partial charge on any atom is -0.354 e. The Morgan fingerprint density at radius 1 is 1.38 bits per heavy atom. The highest BCUT2D eigenvalue weighted by Gasteiger charge is 2.14. The van der Waals surface area contributed by atoms with Crippen molar-refractivity contribution < 1.29 is 17.6 Å². The summed E-state index contributed by atoms with van der Waals surface area (Å²) in [6.45, 7) is 4.09. The van der Waals surface area contributed by atoms with Gasteiger partial charge in [-0.3, -0.25) is 4.79 Å². The number of benzene rings is 1. The molecular weight excluding hydrogens is 295 g/mol. The van der Waals surface area contributed by atoms with Gasteiger partial charge in [-0.2, -0.15) is 4.31 Å². The number of nitrogens with zero attached hydrogens (tertiary/aromatic N) is 1. The zero-order valence-corrected chi connectivity index (χ0v) is 12.7.